The van der Waals surface area contributed by atoms with Crippen molar-refractivity contribution in [2.75, 3.05) is 17.5 Å². The van der Waals surface area contributed by atoms with Gasteiger partial charge < -0.3 is 5.11 Å². The molecule has 0 radical (unpaired) electrons. The van der Waals surface area contributed by atoms with Crippen LogP contribution in [0.1, 0.15) is 50.7 Å². The third kappa shape index (κ3) is 8.14. The number of benzene rings is 1. The summed E-state index contributed by atoms with van der Waals surface area (Å²) in [6.45, 7) is 2.92. The highest BCUT2D eigenvalue weighted by atomic mass is 32.2. The number of nitrogens with one attached hydrogen (secondary N) is 1. The van der Waals surface area contributed by atoms with E-state index in [1.165, 1.54) is 25.7 Å². The highest BCUT2D eigenvalue weighted by Crippen LogP contribution is 2.16. The van der Waals surface area contributed by atoms with Crippen molar-refractivity contribution in [1.29, 1.82) is 0 Å². The second-order valence-electron chi connectivity index (χ2n) is 5.41. The number of nitrogens with zero attached hydrogens (tertiary/aromatic N) is 1. The van der Waals surface area contributed by atoms with Gasteiger partial charge in [-0.15, -0.1) is 0 Å². The maximum atomic E-state index is 11.1. The highest BCUT2D eigenvalue weighted by Gasteiger charge is 2.05. The summed E-state index contributed by atoms with van der Waals surface area (Å²) in [6, 6.07) is 6.62. The predicted molar refractivity (Wildman–Crippen MR) is 92.0 cm³/mol. The van der Waals surface area contributed by atoms with Gasteiger partial charge in [-0.1, -0.05) is 44.7 Å². The molecule has 0 aromatic heterocycles. The van der Waals surface area contributed by atoms with Crippen LogP contribution in [0.5, 0.6) is 0 Å². The van der Waals surface area contributed by atoms with E-state index in [9.17, 15) is 13.5 Å². The average molecular weight is 326 g/mol. The van der Waals surface area contributed by atoms with Gasteiger partial charge in [0.1, 0.15) is 6.10 Å². The van der Waals surface area contributed by atoms with E-state index in [1.54, 1.807) is 30.5 Å². The van der Waals surface area contributed by atoms with Crippen molar-refractivity contribution in [3.8, 4) is 0 Å². The monoisotopic (exact) mass is 326 g/mol. The Hall–Kier alpha value is -1.40. The molecule has 6 heteroatoms. The molecule has 0 aliphatic heterocycles. The minimum absolute atomic E-state index is 0.478. The number of aliphatic imine (C=N–C) groups is 1. The van der Waals surface area contributed by atoms with E-state index in [4.69, 9.17) is 0 Å². The van der Waals surface area contributed by atoms with Crippen LogP contribution in [0.4, 0.5) is 5.69 Å². The van der Waals surface area contributed by atoms with Gasteiger partial charge in [-0.3, -0.25) is 9.71 Å². The molecule has 0 saturated heterocycles. The lowest BCUT2D eigenvalue weighted by molar-refractivity contribution is 0.252. The zero-order chi connectivity index (χ0) is 16.4. The fourth-order valence-electron chi connectivity index (χ4n) is 2.03. The summed E-state index contributed by atoms with van der Waals surface area (Å²) < 4.78 is 24.6. The van der Waals surface area contributed by atoms with E-state index in [0.717, 1.165) is 19.2 Å². The molecule has 1 atom stereocenters. The first-order chi connectivity index (χ1) is 10.4. The molecule has 5 nitrogen and oxygen atoms in total. The minimum atomic E-state index is -3.28. The normalized spacial score (nSPS) is 13.4. The second-order valence-corrected chi connectivity index (χ2v) is 7.16. The van der Waals surface area contributed by atoms with E-state index < -0.39 is 16.1 Å². The summed E-state index contributed by atoms with van der Waals surface area (Å²) in [6.07, 6.45) is 7.83. The fraction of sp³-hybridized carbons (Fsp3) is 0.562. The molecule has 0 saturated carbocycles. The van der Waals surface area contributed by atoms with Crippen molar-refractivity contribution < 1.29 is 13.5 Å². The van der Waals surface area contributed by atoms with Gasteiger partial charge in [0.2, 0.25) is 10.0 Å². The van der Waals surface area contributed by atoms with Crippen molar-refractivity contribution in [2.45, 2.75) is 45.1 Å². The van der Waals surface area contributed by atoms with Crippen LogP contribution in [0, 0.1) is 0 Å². The van der Waals surface area contributed by atoms with Crippen LogP contribution < -0.4 is 4.72 Å². The van der Waals surface area contributed by atoms with E-state index in [-0.39, 0.29) is 0 Å². The van der Waals surface area contributed by atoms with Crippen molar-refractivity contribution in [3.63, 3.8) is 0 Å². The van der Waals surface area contributed by atoms with Gasteiger partial charge in [-0.2, -0.15) is 0 Å². The number of aliphatic hydroxyl groups excluding tert-OH is 1. The van der Waals surface area contributed by atoms with Gasteiger partial charge in [-0.25, -0.2) is 8.42 Å². The first-order valence-corrected chi connectivity index (χ1v) is 9.57. The molecule has 22 heavy (non-hydrogen) atoms. The molecule has 0 spiro atoms. The number of hydrogen-bond donors (Lipinski definition) is 2. The van der Waals surface area contributed by atoms with Gasteiger partial charge in [0, 0.05) is 18.4 Å². The number of sulfonamides is 1. The Bertz CT molecular complexity index is 553. The molecule has 0 amide bonds. The Kier molecular flexibility index (Phi) is 8.12. The highest BCUT2D eigenvalue weighted by molar-refractivity contribution is 7.92. The smallest absolute Gasteiger partial charge is 0.229 e. The van der Waals surface area contributed by atoms with Crippen LogP contribution in [0.2, 0.25) is 0 Å². The first kappa shape index (κ1) is 18.6. The molecule has 124 valence electrons. The Morgan fingerprint density at radius 3 is 2.41 bits per heavy atom. The molecule has 0 bridgehead atoms. The quantitative estimate of drug-likeness (QED) is 0.512. The predicted octanol–water partition coefficient (Wildman–Crippen LogP) is 3.13. The molecule has 2 N–H and O–H groups in total. The molecule has 1 rings (SSSR count). The third-order valence-electron chi connectivity index (χ3n) is 3.19. The summed E-state index contributed by atoms with van der Waals surface area (Å²) in [5.41, 5.74) is 1.17. The third-order valence-corrected chi connectivity index (χ3v) is 3.80. The minimum Gasteiger partial charge on any atom is -0.383 e. The van der Waals surface area contributed by atoms with Gasteiger partial charge >= 0.3 is 0 Å². The van der Waals surface area contributed by atoms with E-state index >= 15 is 0 Å². The summed E-state index contributed by atoms with van der Waals surface area (Å²) >= 11 is 0. The van der Waals surface area contributed by atoms with Gasteiger partial charge in [0.25, 0.3) is 0 Å². The summed E-state index contributed by atoms with van der Waals surface area (Å²) in [4.78, 5) is 4.24. The Morgan fingerprint density at radius 2 is 1.82 bits per heavy atom. The SMILES string of the molecule is CCCCCCCN=CC(O)c1ccc(NS(C)(=O)=O)cc1. The Labute approximate surface area is 133 Å². The molecule has 0 heterocycles. The zero-order valence-corrected chi connectivity index (χ0v) is 14.1. The van der Waals surface area contributed by atoms with Crippen LogP contribution in [-0.2, 0) is 10.0 Å². The molecular formula is C16H26N2O3S. The topological polar surface area (TPSA) is 78.8 Å². The summed E-state index contributed by atoms with van der Waals surface area (Å²) in [5, 5.41) is 10.00. The number of aliphatic hydroxyl groups is 1. The van der Waals surface area contributed by atoms with Crippen LogP contribution in [-0.4, -0.2) is 32.5 Å². The standard InChI is InChI=1S/C16H26N2O3S/c1-3-4-5-6-7-12-17-13-16(19)14-8-10-15(11-9-14)18-22(2,20)21/h8-11,13,16,18-19H,3-7,12H2,1-2H3. The summed E-state index contributed by atoms with van der Waals surface area (Å²) in [7, 11) is -3.28. The molecule has 1 aromatic rings. The average Bonchev–Trinajstić information content (AvgIpc) is 2.45. The molecule has 0 fully saturated rings. The van der Waals surface area contributed by atoms with Gasteiger partial charge in [0.15, 0.2) is 0 Å². The van der Waals surface area contributed by atoms with Crippen molar-refractivity contribution in [3.05, 3.63) is 29.8 Å². The number of hydrogen-bond acceptors (Lipinski definition) is 4. The second kappa shape index (κ2) is 9.58. The summed E-state index contributed by atoms with van der Waals surface area (Å²) in [5.74, 6) is 0. The molecule has 0 aliphatic carbocycles. The Morgan fingerprint density at radius 1 is 1.18 bits per heavy atom. The number of anilines is 1. The maximum absolute atomic E-state index is 11.1. The van der Waals surface area contributed by atoms with E-state index in [1.807, 2.05) is 0 Å². The largest absolute Gasteiger partial charge is 0.383 e. The van der Waals surface area contributed by atoms with Crippen molar-refractivity contribution in [2.24, 2.45) is 4.99 Å². The van der Waals surface area contributed by atoms with E-state index in [2.05, 4.69) is 16.6 Å². The lowest BCUT2D eigenvalue weighted by Gasteiger charge is -2.08. The number of unbranched alkanes of at least 4 members (excludes halogenated alkanes) is 4. The first-order valence-electron chi connectivity index (χ1n) is 7.68. The van der Waals surface area contributed by atoms with E-state index in [0.29, 0.717) is 11.3 Å². The number of rotatable bonds is 10. The Balaban J connectivity index is 2.40. The molecular weight excluding hydrogens is 300 g/mol. The van der Waals surface area contributed by atoms with Crippen molar-refractivity contribution >= 4 is 21.9 Å². The molecule has 0 aliphatic rings. The van der Waals surface area contributed by atoms with Crippen molar-refractivity contribution in [1.82, 2.24) is 0 Å². The van der Waals surface area contributed by atoms with Crippen LogP contribution in [0.3, 0.4) is 0 Å². The van der Waals surface area contributed by atoms with Gasteiger partial charge in [-0.05, 0) is 24.1 Å². The lowest BCUT2D eigenvalue weighted by atomic mass is 10.1. The van der Waals surface area contributed by atoms with Crippen LogP contribution in [0.25, 0.3) is 0 Å². The van der Waals surface area contributed by atoms with Crippen LogP contribution in [0.15, 0.2) is 29.3 Å². The zero-order valence-electron chi connectivity index (χ0n) is 13.3. The lowest BCUT2D eigenvalue weighted by Crippen LogP contribution is -2.09. The van der Waals surface area contributed by atoms with Crippen LogP contribution >= 0.6 is 0 Å². The molecule has 1 aromatic carbocycles. The maximum Gasteiger partial charge on any atom is 0.229 e. The fourth-order valence-corrected chi connectivity index (χ4v) is 2.59. The van der Waals surface area contributed by atoms with Gasteiger partial charge in [0.05, 0.1) is 6.26 Å². The molecule has 1 unspecified atom stereocenters.